The number of hydrogen-bond donors (Lipinski definition) is 1. The molecule has 158 valence electrons. The number of carbonyl (C=O) groups excluding carboxylic acids is 1. The molecule has 1 fully saturated rings. The summed E-state index contributed by atoms with van der Waals surface area (Å²) < 4.78 is 4.50. The van der Waals surface area contributed by atoms with Crippen LogP contribution in [0.2, 0.25) is 0 Å². The van der Waals surface area contributed by atoms with Gasteiger partial charge in [-0.2, -0.15) is 0 Å². The van der Waals surface area contributed by atoms with Crippen molar-refractivity contribution in [3.63, 3.8) is 0 Å². The van der Waals surface area contributed by atoms with E-state index in [2.05, 4.69) is 97.6 Å². The van der Waals surface area contributed by atoms with Gasteiger partial charge >= 0.3 is 0 Å². The molecule has 0 bridgehead atoms. The first-order valence-corrected chi connectivity index (χ1v) is 12.4. The molecule has 2 aromatic carbocycles. The number of benzene rings is 2. The predicted molar refractivity (Wildman–Crippen MR) is 142 cm³/mol. The second kappa shape index (κ2) is 8.96. The van der Waals surface area contributed by atoms with Crippen LogP contribution in [-0.2, 0) is 4.79 Å². The van der Waals surface area contributed by atoms with Crippen LogP contribution in [0.3, 0.4) is 0 Å². The summed E-state index contributed by atoms with van der Waals surface area (Å²) in [4.78, 5) is 17.9. The van der Waals surface area contributed by atoms with Crippen LogP contribution in [0, 0.1) is 31.3 Å². The van der Waals surface area contributed by atoms with E-state index < -0.39 is 0 Å². The number of amidine groups is 1. The highest BCUT2D eigenvalue weighted by Crippen LogP contribution is 2.32. The van der Waals surface area contributed by atoms with Gasteiger partial charge in [0.25, 0.3) is 5.91 Å². The van der Waals surface area contributed by atoms with E-state index in [4.69, 9.17) is 0 Å². The lowest BCUT2D eigenvalue weighted by atomic mass is 10.1. The normalized spacial score (nSPS) is 16.4. The average Bonchev–Trinajstić information content (AvgIpc) is 3.19. The number of nitrogens with one attached hydrogen (secondary N) is 1. The van der Waals surface area contributed by atoms with Crippen LogP contribution >= 0.6 is 50.3 Å². The summed E-state index contributed by atoms with van der Waals surface area (Å²) in [6.45, 7) is 8.24. The molecule has 0 atom stereocenters. The van der Waals surface area contributed by atoms with Gasteiger partial charge < -0.3 is 9.88 Å². The quantitative estimate of drug-likeness (QED) is 0.259. The number of nitrogens with zero attached hydrogens (tertiary/aromatic N) is 2. The first-order chi connectivity index (χ1) is 14.7. The molecule has 1 aromatic heterocycles. The van der Waals surface area contributed by atoms with E-state index in [0.717, 1.165) is 43.9 Å². The van der Waals surface area contributed by atoms with Gasteiger partial charge in [0.2, 0.25) is 0 Å². The van der Waals surface area contributed by atoms with Gasteiger partial charge in [0.05, 0.1) is 10.6 Å². The van der Waals surface area contributed by atoms with E-state index in [-0.39, 0.29) is 5.91 Å². The van der Waals surface area contributed by atoms with Gasteiger partial charge in [-0.3, -0.25) is 4.79 Å². The predicted octanol–water partition coefficient (Wildman–Crippen LogP) is 6.97. The third kappa shape index (κ3) is 4.68. The van der Waals surface area contributed by atoms with E-state index in [0.29, 0.717) is 10.1 Å². The highest BCUT2D eigenvalue weighted by molar-refractivity contribution is 14.1. The van der Waals surface area contributed by atoms with Crippen molar-refractivity contribution in [2.75, 3.05) is 0 Å². The monoisotopic (exact) mass is 605 g/mol. The molecule has 1 N–H and O–H groups in total. The molecule has 0 unspecified atom stereocenters. The Hall–Kier alpha value is -1.84. The summed E-state index contributed by atoms with van der Waals surface area (Å²) in [6, 6.07) is 14.6. The summed E-state index contributed by atoms with van der Waals surface area (Å²) in [5, 5.41) is 3.49. The van der Waals surface area contributed by atoms with Crippen molar-refractivity contribution in [3.05, 3.63) is 83.5 Å². The Morgan fingerprint density at radius 3 is 2.35 bits per heavy atom. The largest absolute Gasteiger partial charge is 0.318 e. The molecule has 1 saturated heterocycles. The van der Waals surface area contributed by atoms with Crippen LogP contribution in [0.15, 0.2) is 56.8 Å². The van der Waals surface area contributed by atoms with Crippen LogP contribution in [0.25, 0.3) is 11.8 Å². The first kappa shape index (κ1) is 22.4. The minimum atomic E-state index is -0.117. The standard InChI is InChI=1S/C24H21BrIN3OS/c1-13-9-19(10-14(2)22(13)25)27-24-28-23(30)21(31-24)12-17-11-15(3)29(16(17)4)20-7-5-18(26)6-8-20/h5-12H,1-4H3,(H,27,28,30)/b21-12+. The Labute approximate surface area is 208 Å². The highest BCUT2D eigenvalue weighted by Gasteiger charge is 2.24. The van der Waals surface area contributed by atoms with Crippen molar-refractivity contribution in [2.45, 2.75) is 27.7 Å². The topological polar surface area (TPSA) is 46.4 Å². The fourth-order valence-electron chi connectivity index (χ4n) is 3.65. The van der Waals surface area contributed by atoms with Crippen LogP contribution in [0.4, 0.5) is 5.69 Å². The average molecular weight is 606 g/mol. The summed E-state index contributed by atoms with van der Waals surface area (Å²) in [6.07, 6.45) is 1.95. The van der Waals surface area contributed by atoms with Crippen molar-refractivity contribution in [1.82, 2.24) is 9.88 Å². The molecule has 7 heteroatoms. The zero-order valence-corrected chi connectivity index (χ0v) is 22.1. The third-order valence-electron chi connectivity index (χ3n) is 5.14. The summed E-state index contributed by atoms with van der Waals surface area (Å²) in [7, 11) is 0. The maximum atomic E-state index is 12.6. The minimum absolute atomic E-state index is 0.117. The number of aliphatic imine (C=N–C) groups is 1. The fraction of sp³-hybridized carbons (Fsp3) is 0.167. The number of aromatic nitrogens is 1. The SMILES string of the molecule is Cc1cc(N=C2NC(=O)/C(=C\c3cc(C)n(-c4ccc(I)cc4)c3C)S2)cc(C)c1Br. The number of thioether (sulfide) groups is 1. The number of hydrogen-bond acceptors (Lipinski definition) is 3. The molecule has 4 nitrogen and oxygen atoms in total. The molecule has 0 saturated carbocycles. The number of halogens is 2. The van der Waals surface area contributed by atoms with E-state index in [1.807, 2.05) is 32.1 Å². The van der Waals surface area contributed by atoms with Crippen molar-refractivity contribution in [2.24, 2.45) is 4.99 Å². The third-order valence-corrected chi connectivity index (χ3v) is 8.02. The zero-order valence-electron chi connectivity index (χ0n) is 17.6. The van der Waals surface area contributed by atoms with Gasteiger partial charge in [0.15, 0.2) is 5.17 Å². The van der Waals surface area contributed by atoms with Gasteiger partial charge in [-0.05, 0) is 127 Å². The van der Waals surface area contributed by atoms with E-state index in [1.165, 1.54) is 15.3 Å². The van der Waals surface area contributed by atoms with Crippen LogP contribution in [0.1, 0.15) is 28.1 Å². The Morgan fingerprint density at radius 1 is 1.06 bits per heavy atom. The second-order valence-corrected chi connectivity index (χ2v) is 10.6. The molecule has 2 heterocycles. The fourth-order valence-corrected chi connectivity index (χ4v) is 5.07. The van der Waals surface area contributed by atoms with E-state index in [9.17, 15) is 4.79 Å². The molecule has 31 heavy (non-hydrogen) atoms. The smallest absolute Gasteiger partial charge is 0.264 e. The summed E-state index contributed by atoms with van der Waals surface area (Å²) in [5.74, 6) is -0.117. The van der Waals surface area contributed by atoms with Gasteiger partial charge in [-0.25, -0.2) is 4.99 Å². The van der Waals surface area contributed by atoms with Crippen molar-refractivity contribution in [3.8, 4) is 5.69 Å². The lowest BCUT2D eigenvalue weighted by Crippen LogP contribution is -2.19. The first-order valence-electron chi connectivity index (χ1n) is 9.74. The molecule has 1 aliphatic heterocycles. The maximum absolute atomic E-state index is 12.6. The van der Waals surface area contributed by atoms with Gasteiger partial charge in [0, 0.05) is 25.1 Å². The molecule has 1 amide bonds. The van der Waals surface area contributed by atoms with Gasteiger partial charge in [-0.15, -0.1) is 0 Å². The summed E-state index contributed by atoms with van der Waals surface area (Å²) in [5.41, 5.74) is 7.45. The lowest BCUT2D eigenvalue weighted by Gasteiger charge is -2.09. The number of amides is 1. The van der Waals surface area contributed by atoms with E-state index >= 15 is 0 Å². The van der Waals surface area contributed by atoms with Crippen molar-refractivity contribution in [1.29, 1.82) is 0 Å². The Morgan fingerprint density at radius 2 is 1.71 bits per heavy atom. The van der Waals surface area contributed by atoms with E-state index in [1.54, 1.807) is 0 Å². The number of aryl methyl sites for hydroxylation is 3. The molecular weight excluding hydrogens is 585 g/mol. The maximum Gasteiger partial charge on any atom is 0.264 e. The highest BCUT2D eigenvalue weighted by atomic mass is 127. The summed E-state index contributed by atoms with van der Waals surface area (Å²) >= 11 is 7.27. The minimum Gasteiger partial charge on any atom is -0.318 e. The number of carbonyl (C=O) groups is 1. The molecule has 0 spiro atoms. The zero-order chi connectivity index (χ0) is 22.3. The molecule has 0 radical (unpaired) electrons. The molecule has 4 rings (SSSR count). The van der Waals surface area contributed by atoms with Crippen LogP contribution in [-0.4, -0.2) is 15.6 Å². The van der Waals surface area contributed by atoms with Crippen LogP contribution < -0.4 is 5.32 Å². The van der Waals surface area contributed by atoms with Crippen molar-refractivity contribution >= 4 is 73.1 Å². The Balaban J connectivity index is 1.64. The van der Waals surface area contributed by atoms with Crippen LogP contribution in [0.5, 0.6) is 0 Å². The number of rotatable bonds is 3. The molecular formula is C24H21BrIN3OS. The molecule has 0 aliphatic carbocycles. The van der Waals surface area contributed by atoms with Gasteiger partial charge in [-0.1, -0.05) is 15.9 Å². The second-order valence-electron chi connectivity index (χ2n) is 7.51. The Kier molecular flexibility index (Phi) is 6.46. The van der Waals surface area contributed by atoms with Crippen molar-refractivity contribution < 1.29 is 4.79 Å². The lowest BCUT2D eigenvalue weighted by molar-refractivity contribution is -0.115. The van der Waals surface area contributed by atoms with Gasteiger partial charge in [0.1, 0.15) is 0 Å². The molecule has 3 aromatic rings. The molecule has 1 aliphatic rings. The Bertz CT molecular complexity index is 1240.